The molecule has 2 atom stereocenters. The van der Waals surface area contributed by atoms with E-state index in [9.17, 15) is 4.39 Å². The highest BCUT2D eigenvalue weighted by Crippen LogP contribution is 2.36. The zero-order chi connectivity index (χ0) is 13.0. The van der Waals surface area contributed by atoms with Gasteiger partial charge in [0.1, 0.15) is 5.82 Å². The second kappa shape index (κ2) is 6.33. The largest absolute Gasteiger partial charge is 0.316 e. The Morgan fingerprint density at radius 3 is 2.72 bits per heavy atom. The fourth-order valence-electron chi connectivity index (χ4n) is 2.78. The van der Waals surface area contributed by atoms with Crippen molar-refractivity contribution in [3.63, 3.8) is 0 Å². The number of aryl methyl sites for hydroxylation is 1. The molecule has 0 aliphatic heterocycles. The van der Waals surface area contributed by atoms with Crippen molar-refractivity contribution in [1.29, 1.82) is 0 Å². The molecule has 1 aromatic carbocycles. The van der Waals surface area contributed by atoms with Crippen LogP contribution in [0.3, 0.4) is 0 Å². The van der Waals surface area contributed by atoms with Crippen molar-refractivity contribution in [3.8, 4) is 0 Å². The molecule has 0 spiro atoms. The molecule has 1 N–H and O–H groups in total. The number of rotatable bonds is 6. The first kappa shape index (κ1) is 13.5. The minimum Gasteiger partial charge on any atom is -0.316 e. The lowest BCUT2D eigenvalue weighted by molar-refractivity contribution is 0.171. The Kier molecular flexibility index (Phi) is 4.76. The van der Waals surface area contributed by atoms with Gasteiger partial charge in [0, 0.05) is 0 Å². The summed E-state index contributed by atoms with van der Waals surface area (Å²) in [4.78, 5) is 0. The number of halogens is 1. The Morgan fingerprint density at radius 2 is 2.06 bits per heavy atom. The van der Waals surface area contributed by atoms with Gasteiger partial charge in [-0.05, 0) is 80.8 Å². The van der Waals surface area contributed by atoms with Crippen LogP contribution < -0.4 is 5.32 Å². The van der Waals surface area contributed by atoms with Crippen LogP contribution in [0.1, 0.15) is 37.3 Å². The first-order valence-corrected chi connectivity index (χ1v) is 7.16. The molecule has 1 fully saturated rings. The predicted molar refractivity (Wildman–Crippen MR) is 74.2 cm³/mol. The normalized spacial score (nSPS) is 22.8. The zero-order valence-electron chi connectivity index (χ0n) is 11.5. The van der Waals surface area contributed by atoms with E-state index in [1.54, 1.807) is 12.1 Å². The summed E-state index contributed by atoms with van der Waals surface area (Å²) in [5.74, 6) is 1.43. The van der Waals surface area contributed by atoms with Crippen molar-refractivity contribution in [3.05, 3.63) is 35.1 Å². The highest BCUT2D eigenvalue weighted by Gasteiger charge is 2.30. The van der Waals surface area contributed by atoms with Gasteiger partial charge in [-0.2, -0.15) is 0 Å². The number of benzene rings is 1. The van der Waals surface area contributed by atoms with Crippen molar-refractivity contribution < 1.29 is 4.39 Å². The SMILES string of the molecule is CCCNCC1CCC1Cc1cc(F)ccc1C. The van der Waals surface area contributed by atoms with Crippen molar-refractivity contribution in [2.45, 2.75) is 39.5 Å². The highest BCUT2D eigenvalue weighted by molar-refractivity contribution is 5.27. The van der Waals surface area contributed by atoms with E-state index in [2.05, 4.69) is 19.2 Å². The van der Waals surface area contributed by atoms with Crippen LogP contribution >= 0.6 is 0 Å². The third-order valence-electron chi connectivity index (χ3n) is 4.20. The molecule has 18 heavy (non-hydrogen) atoms. The molecule has 0 amide bonds. The van der Waals surface area contributed by atoms with E-state index in [0.29, 0.717) is 0 Å². The summed E-state index contributed by atoms with van der Waals surface area (Å²) in [5.41, 5.74) is 2.42. The van der Waals surface area contributed by atoms with E-state index in [-0.39, 0.29) is 5.82 Å². The molecular weight excluding hydrogens is 225 g/mol. The van der Waals surface area contributed by atoms with Crippen molar-refractivity contribution in [2.24, 2.45) is 11.8 Å². The van der Waals surface area contributed by atoms with Gasteiger partial charge in [-0.25, -0.2) is 4.39 Å². The van der Waals surface area contributed by atoms with Gasteiger partial charge in [0.2, 0.25) is 0 Å². The minimum atomic E-state index is -0.101. The van der Waals surface area contributed by atoms with Gasteiger partial charge in [0.25, 0.3) is 0 Å². The maximum absolute atomic E-state index is 13.3. The van der Waals surface area contributed by atoms with Gasteiger partial charge >= 0.3 is 0 Å². The molecule has 2 heteroatoms. The van der Waals surface area contributed by atoms with E-state index >= 15 is 0 Å². The summed E-state index contributed by atoms with van der Waals surface area (Å²) in [6.07, 6.45) is 4.87. The molecule has 1 aliphatic carbocycles. The molecule has 1 aliphatic rings. The summed E-state index contributed by atoms with van der Waals surface area (Å²) in [6, 6.07) is 5.16. The lowest BCUT2D eigenvalue weighted by Crippen LogP contribution is -2.36. The first-order valence-electron chi connectivity index (χ1n) is 7.16. The van der Waals surface area contributed by atoms with E-state index in [4.69, 9.17) is 0 Å². The highest BCUT2D eigenvalue weighted by atomic mass is 19.1. The molecule has 0 radical (unpaired) electrons. The quantitative estimate of drug-likeness (QED) is 0.758. The topological polar surface area (TPSA) is 12.0 Å². The van der Waals surface area contributed by atoms with Crippen LogP contribution in [0.2, 0.25) is 0 Å². The van der Waals surface area contributed by atoms with Crippen molar-refractivity contribution in [2.75, 3.05) is 13.1 Å². The van der Waals surface area contributed by atoms with E-state index in [1.807, 2.05) is 6.07 Å². The molecule has 1 nitrogen and oxygen atoms in total. The van der Waals surface area contributed by atoms with Crippen LogP contribution in [0, 0.1) is 24.6 Å². The first-order chi connectivity index (χ1) is 8.70. The van der Waals surface area contributed by atoms with Crippen LogP contribution in [0.15, 0.2) is 18.2 Å². The van der Waals surface area contributed by atoms with Crippen LogP contribution in [0.4, 0.5) is 4.39 Å². The molecule has 1 aromatic rings. The molecule has 100 valence electrons. The summed E-state index contributed by atoms with van der Waals surface area (Å²) in [6.45, 7) is 6.52. The van der Waals surface area contributed by atoms with Gasteiger partial charge in [0.05, 0.1) is 0 Å². The molecule has 0 heterocycles. The zero-order valence-corrected chi connectivity index (χ0v) is 11.5. The summed E-state index contributed by atoms with van der Waals surface area (Å²) in [5, 5.41) is 3.50. The summed E-state index contributed by atoms with van der Waals surface area (Å²) < 4.78 is 13.3. The predicted octanol–water partition coefficient (Wildman–Crippen LogP) is 3.70. The Morgan fingerprint density at radius 1 is 1.28 bits per heavy atom. The summed E-state index contributed by atoms with van der Waals surface area (Å²) >= 11 is 0. The monoisotopic (exact) mass is 249 g/mol. The van der Waals surface area contributed by atoms with Crippen molar-refractivity contribution >= 4 is 0 Å². The molecular formula is C16H24FN. The molecule has 2 rings (SSSR count). The standard InChI is InChI=1S/C16H24FN/c1-3-8-18-11-14-6-5-13(14)9-15-10-16(17)7-4-12(15)2/h4,7,10,13-14,18H,3,5-6,8-9,11H2,1-2H3. The number of hydrogen-bond donors (Lipinski definition) is 1. The molecule has 0 bridgehead atoms. The summed E-state index contributed by atoms with van der Waals surface area (Å²) in [7, 11) is 0. The van der Waals surface area contributed by atoms with Gasteiger partial charge in [-0.3, -0.25) is 0 Å². The van der Waals surface area contributed by atoms with Gasteiger partial charge < -0.3 is 5.32 Å². The molecule has 2 unspecified atom stereocenters. The lowest BCUT2D eigenvalue weighted by atomic mass is 9.70. The Balaban J connectivity index is 1.87. The molecule has 1 saturated carbocycles. The Hall–Kier alpha value is -0.890. The molecule has 0 saturated heterocycles. The van der Waals surface area contributed by atoms with E-state index in [0.717, 1.165) is 31.3 Å². The van der Waals surface area contributed by atoms with Crippen LogP contribution in [0.25, 0.3) is 0 Å². The third-order valence-corrected chi connectivity index (χ3v) is 4.20. The fourth-order valence-corrected chi connectivity index (χ4v) is 2.78. The van der Waals surface area contributed by atoms with Gasteiger partial charge in [-0.1, -0.05) is 13.0 Å². The van der Waals surface area contributed by atoms with Gasteiger partial charge in [0.15, 0.2) is 0 Å². The smallest absolute Gasteiger partial charge is 0.123 e. The fraction of sp³-hybridized carbons (Fsp3) is 0.625. The maximum atomic E-state index is 13.3. The second-order valence-corrected chi connectivity index (χ2v) is 5.58. The second-order valence-electron chi connectivity index (χ2n) is 5.58. The van der Waals surface area contributed by atoms with E-state index in [1.165, 1.54) is 30.4 Å². The van der Waals surface area contributed by atoms with Gasteiger partial charge in [-0.15, -0.1) is 0 Å². The molecule has 0 aromatic heterocycles. The van der Waals surface area contributed by atoms with E-state index < -0.39 is 0 Å². The van der Waals surface area contributed by atoms with Crippen LogP contribution in [-0.4, -0.2) is 13.1 Å². The third kappa shape index (κ3) is 3.32. The average molecular weight is 249 g/mol. The Labute approximate surface area is 110 Å². The van der Waals surface area contributed by atoms with Crippen LogP contribution in [0.5, 0.6) is 0 Å². The lowest BCUT2D eigenvalue weighted by Gasteiger charge is -2.37. The average Bonchev–Trinajstić information content (AvgIpc) is 2.34. The van der Waals surface area contributed by atoms with Crippen LogP contribution in [-0.2, 0) is 6.42 Å². The number of hydrogen-bond acceptors (Lipinski definition) is 1. The van der Waals surface area contributed by atoms with Crippen molar-refractivity contribution in [1.82, 2.24) is 5.32 Å². The number of nitrogens with one attached hydrogen (secondary N) is 1. The minimum absolute atomic E-state index is 0.101. The maximum Gasteiger partial charge on any atom is 0.123 e. The Bertz CT molecular complexity index is 389.